The summed E-state index contributed by atoms with van der Waals surface area (Å²) in [5, 5.41) is 3.83. The molecule has 5 nitrogen and oxygen atoms in total. The van der Waals surface area contributed by atoms with E-state index in [1.807, 2.05) is 20.8 Å². The molecule has 2 aromatic rings. The molecule has 0 spiro atoms. The van der Waals surface area contributed by atoms with Crippen LogP contribution in [0.25, 0.3) is 0 Å². The molecule has 0 amide bonds. The fourth-order valence-corrected chi connectivity index (χ4v) is 1.75. The fraction of sp³-hybridized carbons (Fsp3) is 0.429. The maximum atomic E-state index is 12.4. The van der Waals surface area contributed by atoms with Gasteiger partial charge in [-0.15, -0.1) is 0 Å². The summed E-state index contributed by atoms with van der Waals surface area (Å²) in [5.41, 5.74) is 6.10. The Morgan fingerprint density at radius 3 is 2.48 bits per heavy atom. The minimum absolute atomic E-state index is 0.00195. The summed E-state index contributed by atoms with van der Waals surface area (Å²) in [6.07, 6.45) is 0. The van der Waals surface area contributed by atoms with E-state index in [1.165, 1.54) is 6.07 Å². The van der Waals surface area contributed by atoms with E-state index in [2.05, 4.69) is 14.9 Å². The van der Waals surface area contributed by atoms with Crippen molar-refractivity contribution in [3.05, 3.63) is 41.5 Å². The first kappa shape index (κ1) is 15.4. The van der Waals surface area contributed by atoms with Gasteiger partial charge in [-0.1, -0.05) is 44.1 Å². The summed E-state index contributed by atoms with van der Waals surface area (Å²) in [6.45, 7) is 2.84. The van der Waals surface area contributed by atoms with E-state index >= 15 is 0 Å². The molecule has 2 N–H and O–H groups in total. The summed E-state index contributed by atoms with van der Waals surface area (Å²) in [5.74, 6) is 0.660. The van der Waals surface area contributed by atoms with Crippen molar-refractivity contribution in [1.82, 2.24) is 10.1 Å². The number of nitrogens with zero attached hydrogens (tertiary/aromatic N) is 2. The first-order valence-corrected chi connectivity index (χ1v) is 6.42. The normalized spacial score (nSPS) is 13.5. The SMILES string of the molecule is CC(C)(C)c1nc(C(N)c2ccccc2OC(F)F)no1. The number of aromatic nitrogens is 2. The number of hydrogen-bond acceptors (Lipinski definition) is 5. The Kier molecular flexibility index (Phi) is 4.22. The van der Waals surface area contributed by atoms with Gasteiger partial charge in [-0.05, 0) is 6.07 Å². The van der Waals surface area contributed by atoms with Crippen LogP contribution >= 0.6 is 0 Å². The average molecular weight is 297 g/mol. The van der Waals surface area contributed by atoms with Gasteiger partial charge in [0.1, 0.15) is 5.75 Å². The van der Waals surface area contributed by atoms with Gasteiger partial charge in [-0.3, -0.25) is 0 Å². The van der Waals surface area contributed by atoms with Gasteiger partial charge in [-0.25, -0.2) is 0 Å². The Bertz CT molecular complexity index is 608. The standard InChI is InChI=1S/C14H17F2N3O2/c1-14(2,3)12-18-11(19-21-12)10(17)8-6-4-5-7-9(8)20-13(15)16/h4-7,10,13H,17H2,1-3H3. The molecule has 1 heterocycles. The lowest BCUT2D eigenvalue weighted by molar-refractivity contribution is -0.0505. The van der Waals surface area contributed by atoms with Crippen LogP contribution in [-0.2, 0) is 5.41 Å². The van der Waals surface area contributed by atoms with Crippen LogP contribution in [-0.4, -0.2) is 16.8 Å². The third kappa shape index (κ3) is 3.55. The first-order chi connectivity index (χ1) is 9.79. The Balaban J connectivity index is 2.32. The van der Waals surface area contributed by atoms with Gasteiger partial charge in [0.2, 0.25) is 5.89 Å². The number of para-hydroxylation sites is 1. The second-order valence-electron chi connectivity index (χ2n) is 5.60. The van der Waals surface area contributed by atoms with E-state index in [9.17, 15) is 8.78 Å². The van der Waals surface area contributed by atoms with Gasteiger partial charge >= 0.3 is 6.61 Å². The Hall–Kier alpha value is -2.02. The average Bonchev–Trinajstić information content (AvgIpc) is 2.87. The van der Waals surface area contributed by atoms with Crippen molar-refractivity contribution in [3.63, 3.8) is 0 Å². The van der Waals surface area contributed by atoms with Gasteiger partial charge in [0.15, 0.2) is 5.82 Å². The molecule has 0 radical (unpaired) electrons. The van der Waals surface area contributed by atoms with E-state index in [-0.39, 0.29) is 17.0 Å². The highest BCUT2D eigenvalue weighted by molar-refractivity contribution is 5.38. The van der Waals surface area contributed by atoms with E-state index < -0.39 is 12.7 Å². The molecule has 0 aliphatic rings. The van der Waals surface area contributed by atoms with Crippen LogP contribution in [0.15, 0.2) is 28.8 Å². The molecule has 0 saturated carbocycles. The zero-order chi connectivity index (χ0) is 15.6. The van der Waals surface area contributed by atoms with E-state index in [0.29, 0.717) is 11.5 Å². The first-order valence-electron chi connectivity index (χ1n) is 6.42. The monoisotopic (exact) mass is 297 g/mol. The second-order valence-corrected chi connectivity index (χ2v) is 5.60. The van der Waals surface area contributed by atoms with E-state index in [1.54, 1.807) is 18.2 Å². The van der Waals surface area contributed by atoms with Crippen molar-refractivity contribution >= 4 is 0 Å². The number of hydrogen-bond donors (Lipinski definition) is 1. The molecule has 21 heavy (non-hydrogen) atoms. The lowest BCUT2D eigenvalue weighted by Gasteiger charge is -2.14. The summed E-state index contributed by atoms with van der Waals surface area (Å²) >= 11 is 0. The summed E-state index contributed by atoms with van der Waals surface area (Å²) in [6, 6.07) is 5.48. The minimum Gasteiger partial charge on any atom is -0.434 e. The quantitative estimate of drug-likeness (QED) is 0.939. The van der Waals surface area contributed by atoms with Gasteiger partial charge in [0, 0.05) is 11.0 Å². The van der Waals surface area contributed by atoms with Crippen LogP contribution in [0, 0.1) is 0 Å². The lowest BCUT2D eigenvalue weighted by atomic mass is 9.97. The van der Waals surface area contributed by atoms with Crippen LogP contribution in [0.3, 0.4) is 0 Å². The number of rotatable bonds is 4. The van der Waals surface area contributed by atoms with Crippen LogP contribution in [0.1, 0.15) is 44.1 Å². The van der Waals surface area contributed by atoms with Crippen molar-refractivity contribution in [2.45, 2.75) is 38.8 Å². The molecule has 1 atom stereocenters. The minimum atomic E-state index is -2.92. The Morgan fingerprint density at radius 2 is 1.90 bits per heavy atom. The molecule has 0 bridgehead atoms. The van der Waals surface area contributed by atoms with Crippen LogP contribution in [0.4, 0.5) is 8.78 Å². The fourth-order valence-electron chi connectivity index (χ4n) is 1.75. The van der Waals surface area contributed by atoms with E-state index in [0.717, 1.165) is 0 Å². The van der Waals surface area contributed by atoms with Gasteiger partial charge in [0.25, 0.3) is 0 Å². The molecule has 1 aromatic heterocycles. The Morgan fingerprint density at radius 1 is 1.24 bits per heavy atom. The Labute approximate surface area is 121 Å². The maximum absolute atomic E-state index is 12.4. The van der Waals surface area contributed by atoms with Crippen LogP contribution in [0.2, 0.25) is 0 Å². The molecule has 1 unspecified atom stereocenters. The molecular weight excluding hydrogens is 280 g/mol. The molecule has 0 aliphatic carbocycles. The second kappa shape index (κ2) is 5.77. The van der Waals surface area contributed by atoms with Crippen molar-refractivity contribution in [2.24, 2.45) is 5.73 Å². The molecule has 0 saturated heterocycles. The topological polar surface area (TPSA) is 74.2 Å². The molecule has 0 fully saturated rings. The van der Waals surface area contributed by atoms with Gasteiger partial charge in [-0.2, -0.15) is 13.8 Å². The zero-order valence-corrected chi connectivity index (χ0v) is 12.0. The van der Waals surface area contributed by atoms with Crippen molar-refractivity contribution in [2.75, 3.05) is 0 Å². The van der Waals surface area contributed by atoms with Crippen LogP contribution < -0.4 is 10.5 Å². The largest absolute Gasteiger partial charge is 0.434 e. The summed E-state index contributed by atoms with van der Waals surface area (Å²) in [7, 11) is 0. The zero-order valence-electron chi connectivity index (χ0n) is 12.0. The molecular formula is C14H17F2N3O2. The maximum Gasteiger partial charge on any atom is 0.387 e. The molecule has 1 aromatic carbocycles. The van der Waals surface area contributed by atoms with Crippen molar-refractivity contribution < 1.29 is 18.0 Å². The molecule has 0 aliphatic heterocycles. The van der Waals surface area contributed by atoms with Gasteiger partial charge < -0.3 is 15.0 Å². The van der Waals surface area contributed by atoms with Crippen molar-refractivity contribution in [1.29, 1.82) is 0 Å². The van der Waals surface area contributed by atoms with Gasteiger partial charge in [0.05, 0.1) is 6.04 Å². The predicted molar refractivity (Wildman–Crippen MR) is 72.1 cm³/mol. The third-order valence-corrected chi connectivity index (χ3v) is 2.83. The van der Waals surface area contributed by atoms with Crippen molar-refractivity contribution in [3.8, 4) is 5.75 Å². The summed E-state index contributed by atoms with van der Waals surface area (Å²) in [4.78, 5) is 4.23. The number of nitrogens with two attached hydrogens (primary N) is 1. The molecule has 114 valence electrons. The van der Waals surface area contributed by atoms with E-state index in [4.69, 9.17) is 10.3 Å². The number of ether oxygens (including phenoxy) is 1. The highest BCUT2D eigenvalue weighted by Gasteiger charge is 2.26. The highest BCUT2D eigenvalue weighted by atomic mass is 19.3. The summed E-state index contributed by atoms with van der Waals surface area (Å²) < 4.78 is 34.5. The number of halogens is 2. The predicted octanol–water partition coefficient (Wildman–Crippen LogP) is 3.02. The highest BCUT2D eigenvalue weighted by Crippen LogP contribution is 2.29. The van der Waals surface area contributed by atoms with Crippen LogP contribution in [0.5, 0.6) is 5.75 Å². The molecule has 7 heteroatoms. The lowest BCUT2D eigenvalue weighted by Crippen LogP contribution is -2.17. The number of alkyl halides is 2. The molecule has 2 rings (SSSR count). The smallest absolute Gasteiger partial charge is 0.387 e. The third-order valence-electron chi connectivity index (χ3n) is 2.83. The number of benzene rings is 1.